The first-order valence-electron chi connectivity index (χ1n) is 7.44. The van der Waals surface area contributed by atoms with Crippen molar-refractivity contribution in [3.05, 3.63) is 16.4 Å². The van der Waals surface area contributed by atoms with Crippen molar-refractivity contribution in [1.29, 1.82) is 0 Å². The molecule has 1 aromatic rings. The molecule has 0 atom stereocenters. The van der Waals surface area contributed by atoms with Crippen molar-refractivity contribution in [2.45, 2.75) is 65.3 Å². The Morgan fingerprint density at radius 2 is 2.00 bits per heavy atom. The summed E-state index contributed by atoms with van der Waals surface area (Å²) in [5.74, 6) is 0.592. The van der Waals surface area contributed by atoms with E-state index >= 15 is 0 Å². The number of halogens is 1. The second kappa shape index (κ2) is 6.56. The molecule has 1 aromatic heterocycles. The molecule has 19 heavy (non-hydrogen) atoms. The van der Waals surface area contributed by atoms with E-state index in [4.69, 9.17) is 11.6 Å². The van der Waals surface area contributed by atoms with Crippen LogP contribution >= 0.6 is 11.6 Å². The van der Waals surface area contributed by atoms with Crippen LogP contribution in [0.3, 0.4) is 0 Å². The average molecular weight is 283 g/mol. The molecular formula is C15H23ClN2O. The Labute approximate surface area is 120 Å². The molecule has 0 saturated heterocycles. The fraction of sp³-hybridized carbons (Fsp3) is 0.733. The average Bonchev–Trinajstić information content (AvgIpc) is 2.76. The number of aryl methyl sites for hydroxylation is 2. The molecule has 3 nitrogen and oxygen atoms in total. The molecule has 0 amide bonds. The highest BCUT2D eigenvalue weighted by atomic mass is 35.5. The minimum Gasteiger partial charge on any atom is -0.299 e. The summed E-state index contributed by atoms with van der Waals surface area (Å²) in [5.41, 5.74) is 1.83. The predicted molar refractivity (Wildman–Crippen MR) is 77.6 cm³/mol. The van der Waals surface area contributed by atoms with Gasteiger partial charge in [0.15, 0.2) is 0 Å². The van der Waals surface area contributed by atoms with E-state index in [9.17, 15) is 4.79 Å². The quantitative estimate of drug-likeness (QED) is 0.823. The molecule has 0 N–H and O–H groups in total. The summed E-state index contributed by atoms with van der Waals surface area (Å²) in [6.45, 7) is 4.85. The lowest BCUT2D eigenvalue weighted by molar-refractivity contribution is -0.123. The summed E-state index contributed by atoms with van der Waals surface area (Å²) in [4.78, 5) is 12.4. The van der Waals surface area contributed by atoms with Gasteiger partial charge >= 0.3 is 0 Å². The largest absolute Gasteiger partial charge is 0.299 e. The van der Waals surface area contributed by atoms with Crippen LogP contribution in [-0.4, -0.2) is 15.6 Å². The van der Waals surface area contributed by atoms with Crippen LogP contribution in [0.15, 0.2) is 0 Å². The summed E-state index contributed by atoms with van der Waals surface area (Å²) in [5, 5.41) is 5.18. The molecule has 1 aliphatic carbocycles. The highest BCUT2D eigenvalue weighted by molar-refractivity contribution is 6.32. The first-order chi connectivity index (χ1) is 9.17. The molecule has 0 unspecified atom stereocenters. The molecule has 0 spiro atoms. The molecule has 1 fully saturated rings. The van der Waals surface area contributed by atoms with Crippen molar-refractivity contribution in [3.8, 4) is 0 Å². The van der Waals surface area contributed by atoms with Gasteiger partial charge in [0.05, 0.1) is 22.8 Å². The van der Waals surface area contributed by atoms with Crippen molar-refractivity contribution < 1.29 is 4.79 Å². The summed E-state index contributed by atoms with van der Waals surface area (Å²) >= 11 is 6.36. The summed E-state index contributed by atoms with van der Waals surface area (Å²) in [6, 6.07) is 0. The zero-order chi connectivity index (χ0) is 13.8. The lowest BCUT2D eigenvalue weighted by Crippen LogP contribution is -2.21. The molecule has 1 saturated carbocycles. The zero-order valence-electron chi connectivity index (χ0n) is 11.9. The second-order valence-corrected chi connectivity index (χ2v) is 5.73. The van der Waals surface area contributed by atoms with E-state index in [1.165, 1.54) is 19.3 Å². The smallest absolute Gasteiger partial charge is 0.141 e. The molecule has 0 radical (unpaired) electrons. The topological polar surface area (TPSA) is 34.9 Å². The van der Waals surface area contributed by atoms with Crippen molar-refractivity contribution in [1.82, 2.24) is 9.78 Å². The molecule has 1 aliphatic rings. The van der Waals surface area contributed by atoms with Gasteiger partial charge in [0, 0.05) is 12.5 Å². The zero-order valence-corrected chi connectivity index (χ0v) is 12.7. The van der Waals surface area contributed by atoms with Gasteiger partial charge in [0.1, 0.15) is 5.78 Å². The van der Waals surface area contributed by atoms with Gasteiger partial charge in [-0.15, -0.1) is 0 Å². The SMILES string of the molecule is CCc1nn(CC)c(CC(=O)C2CCCCC2)c1Cl. The Morgan fingerprint density at radius 3 is 2.58 bits per heavy atom. The molecular weight excluding hydrogens is 260 g/mol. The minimum atomic E-state index is 0.245. The van der Waals surface area contributed by atoms with Gasteiger partial charge in [-0.1, -0.05) is 37.8 Å². The van der Waals surface area contributed by atoms with Crippen molar-refractivity contribution in [2.75, 3.05) is 0 Å². The fourth-order valence-electron chi connectivity index (χ4n) is 2.92. The van der Waals surface area contributed by atoms with Crippen LogP contribution in [-0.2, 0) is 24.2 Å². The molecule has 2 rings (SSSR count). The molecule has 4 heteroatoms. The van der Waals surface area contributed by atoms with Crippen LogP contribution in [0.4, 0.5) is 0 Å². The maximum absolute atomic E-state index is 12.4. The Balaban J connectivity index is 2.13. The van der Waals surface area contributed by atoms with Gasteiger partial charge in [-0.05, 0) is 26.2 Å². The van der Waals surface area contributed by atoms with Gasteiger partial charge < -0.3 is 0 Å². The minimum absolute atomic E-state index is 0.245. The van der Waals surface area contributed by atoms with Crippen LogP contribution < -0.4 is 0 Å². The number of carbonyl (C=O) groups is 1. The summed E-state index contributed by atoms with van der Waals surface area (Å²) in [7, 11) is 0. The highest BCUT2D eigenvalue weighted by Crippen LogP contribution is 2.28. The Kier molecular flexibility index (Phi) is 5.03. The Morgan fingerprint density at radius 1 is 1.32 bits per heavy atom. The Hall–Kier alpha value is -0.830. The third-order valence-corrected chi connectivity index (χ3v) is 4.53. The summed E-state index contributed by atoms with van der Waals surface area (Å²) in [6.07, 6.45) is 7.03. The first-order valence-corrected chi connectivity index (χ1v) is 7.81. The fourth-order valence-corrected chi connectivity index (χ4v) is 3.26. The number of carbonyl (C=O) groups excluding carboxylic acids is 1. The van der Waals surface area contributed by atoms with Crippen LogP contribution in [0.25, 0.3) is 0 Å². The van der Waals surface area contributed by atoms with E-state index in [-0.39, 0.29) is 5.92 Å². The van der Waals surface area contributed by atoms with Gasteiger partial charge in [-0.2, -0.15) is 5.10 Å². The van der Waals surface area contributed by atoms with Crippen molar-refractivity contribution in [3.63, 3.8) is 0 Å². The summed E-state index contributed by atoms with van der Waals surface area (Å²) < 4.78 is 1.89. The van der Waals surface area contributed by atoms with Crippen LogP contribution in [0.2, 0.25) is 5.02 Å². The second-order valence-electron chi connectivity index (χ2n) is 5.35. The maximum atomic E-state index is 12.4. The van der Waals surface area contributed by atoms with Gasteiger partial charge in [-0.25, -0.2) is 0 Å². The number of hydrogen-bond donors (Lipinski definition) is 0. The normalized spacial score (nSPS) is 16.8. The number of ketones is 1. The van der Waals surface area contributed by atoms with Crippen LogP contribution in [0.5, 0.6) is 0 Å². The third kappa shape index (κ3) is 3.19. The lowest BCUT2D eigenvalue weighted by Gasteiger charge is -2.20. The van der Waals surface area contributed by atoms with Crippen molar-refractivity contribution in [2.24, 2.45) is 5.92 Å². The molecule has 1 heterocycles. The number of nitrogens with zero attached hydrogens (tertiary/aromatic N) is 2. The van der Waals surface area contributed by atoms with E-state index in [0.29, 0.717) is 17.2 Å². The molecule has 0 bridgehead atoms. The lowest BCUT2D eigenvalue weighted by atomic mass is 9.85. The van der Waals surface area contributed by atoms with Gasteiger partial charge in [-0.3, -0.25) is 9.48 Å². The standard InChI is InChI=1S/C15H23ClN2O/c1-3-12-15(16)13(18(4-2)17-12)10-14(19)11-8-6-5-7-9-11/h11H,3-10H2,1-2H3. The molecule has 0 aromatic carbocycles. The van der Waals surface area contributed by atoms with E-state index in [2.05, 4.69) is 5.10 Å². The van der Waals surface area contributed by atoms with E-state index < -0.39 is 0 Å². The van der Waals surface area contributed by atoms with E-state index in [1.54, 1.807) is 0 Å². The monoisotopic (exact) mass is 282 g/mol. The van der Waals surface area contributed by atoms with Gasteiger partial charge in [0.2, 0.25) is 0 Å². The number of Topliss-reactive ketones (excluding diaryl/α,β-unsaturated/α-hetero) is 1. The van der Waals surface area contributed by atoms with E-state index in [1.807, 2.05) is 18.5 Å². The number of hydrogen-bond acceptors (Lipinski definition) is 2. The molecule has 0 aliphatic heterocycles. The third-order valence-electron chi connectivity index (χ3n) is 4.10. The predicted octanol–water partition coefficient (Wildman–Crippen LogP) is 3.81. The van der Waals surface area contributed by atoms with E-state index in [0.717, 1.165) is 37.2 Å². The first kappa shape index (κ1) is 14.6. The highest BCUT2D eigenvalue weighted by Gasteiger charge is 2.24. The number of rotatable bonds is 5. The maximum Gasteiger partial charge on any atom is 0.141 e. The number of aromatic nitrogens is 2. The van der Waals surface area contributed by atoms with Crippen LogP contribution in [0.1, 0.15) is 57.3 Å². The van der Waals surface area contributed by atoms with Gasteiger partial charge in [0.25, 0.3) is 0 Å². The molecule has 106 valence electrons. The van der Waals surface area contributed by atoms with Crippen LogP contribution in [0, 0.1) is 5.92 Å². The van der Waals surface area contributed by atoms with Crippen molar-refractivity contribution >= 4 is 17.4 Å². The Bertz CT molecular complexity index is 447.